The quantitative estimate of drug-likeness (QED) is 0.671. The van der Waals surface area contributed by atoms with E-state index in [0.29, 0.717) is 13.0 Å². The molecule has 0 saturated carbocycles. The summed E-state index contributed by atoms with van der Waals surface area (Å²) >= 11 is 0. The summed E-state index contributed by atoms with van der Waals surface area (Å²) in [4.78, 5) is 9.67. The van der Waals surface area contributed by atoms with Crippen LogP contribution in [0.25, 0.3) is 0 Å². The lowest BCUT2D eigenvalue weighted by Crippen LogP contribution is -2.39. The third-order valence-corrected chi connectivity index (χ3v) is 5.49. The number of hydrogen-bond acceptors (Lipinski definition) is 5. The predicted octanol–water partition coefficient (Wildman–Crippen LogP) is 1.40. The molecule has 2 rings (SSSR count). The van der Waals surface area contributed by atoms with Gasteiger partial charge in [-0.25, -0.2) is 8.42 Å². The number of piperidine rings is 1. The Kier molecular flexibility index (Phi) is 4.34. The van der Waals surface area contributed by atoms with Gasteiger partial charge in [-0.3, -0.25) is 10.1 Å². The Morgan fingerprint density at radius 1 is 1.45 bits per heavy atom. The average Bonchev–Trinajstić information content (AvgIpc) is 2.39. The van der Waals surface area contributed by atoms with Crippen molar-refractivity contribution in [2.75, 3.05) is 13.1 Å². The van der Waals surface area contributed by atoms with Crippen molar-refractivity contribution in [2.24, 2.45) is 0 Å². The lowest BCUT2D eigenvalue weighted by atomic mass is 10.2. The van der Waals surface area contributed by atoms with Crippen molar-refractivity contribution in [1.82, 2.24) is 5.32 Å². The van der Waals surface area contributed by atoms with Crippen LogP contribution in [0.5, 0.6) is 0 Å². The molecule has 0 aromatic heterocycles. The van der Waals surface area contributed by atoms with E-state index in [4.69, 9.17) is 0 Å². The van der Waals surface area contributed by atoms with Crippen molar-refractivity contribution in [3.63, 3.8) is 0 Å². The Bertz CT molecular complexity index is 612. The van der Waals surface area contributed by atoms with Gasteiger partial charge in [0.05, 0.1) is 15.9 Å². The molecule has 1 aromatic carbocycles. The molecule has 110 valence electrons. The molecular weight excluding hydrogens is 287 g/mol. The third-order valence-electron chi connectivity index (χ3n) is 3.34. The lowest BCUT2D eigenvalue weighted by molar-refractivity contribution is -0.387. The first kappa shape index (κ1) is 14.9. The van der Waals surface area contributed by atoms with E-state index >= 15 is 0 Å². The van der Waals surface area contributed by atoms with E-state index in [-0.39, 0.29) is 11.3 Å². The first-order valence-corrected chi connectivity index (χ1v) is 7.97. The maximum Gasteiger partial charge on any atom is 0.304 e. The van der Waals surface area contributed by atoms with Gasteiger partial charge in [-0.1, -0.05) is 6.07 Å². The first-order valence-electron chi connectivity index (χ1n) is 6.25. The number of sulfone groups is 1. The molecule has 1 heterocycles. The minimum Gasteiger partial charge on any atom is -0.315 e. The van der Waals surface area contributed by atoms with Crippen molar-refractivity contribution in [2.45, 2.75) is 23.8 Å². The predicted molar refractivity (Wildman–Crippen MR) is 71.6 cm³/mol. The van der Waals surface area contributed by atoms with E-state index in [1.54, 1.807) is 0 Å². The van der Waals surface area contributed by atoms with Crippen molar-refractivity contribution >= 4 is 15.5 Å². The van der Waals surface area contributed by atoms with E-state index < -0.39 is 31.5 Å². The smallest absolute Gasteiger partial charge is 0.304 e. The topological polar surface area (TPSA) is 89.3 Å². The molecule has 0 radical (unpaired) electrons. The standard InChI is InChI=1S/C12H15FN2O4S/c13-11-6-9(3-4-12(11)15(16)17)8-20(18,19)10-2-1-5-14-7-10/h3-4,6,10,14H,1-2,5,7-8H2. The van der Waals surface area contributed by atoms with Crippen LogP contribution in [0.1, 0.15) is 18.4 Å². The maximum absolute atomic E-state index is 13.5. The summed E-state index contributed by atoms with van der Waals surface area (Å²) in [5.74, 6) is -1.31. The van der Waals surface area contributed by atoms with Crippen LogP contribution in [-0.4, -0.2) is 31.7 Å². The maximum atomic E-state index is 13.5. The fourth-order valence-corrected chi connectivity index (χ4v) is 4.04. The van der Waals surface area contributed by atoms with Gasteiger partial charge < -0.3 is 5.32 Å². The molecule has 1 N–H and O–H groups in total. The molecule has 1 atom stereocenters. The minimum atomic E-state index is -3.39. The van der Waals surface area contributed by atoms with E-state index in [1.807, 2.05) is 0 Å². The van der Waals surface area contributed by atoms with Crippen LogP contribution in [0.2, 0.25) is 0 Å². The van der Waals surface area contributed by atoms with E-state index in [2.05, 4.69) is 5.32 Å². The number of nitrogens with one attached hydrogen (secondary N) is 1. The van der Waals surface area contributed by atoms with Gasteiger partial charge in [0, 0.05) is 12.6 Å². The summed E-state index contributed by atoms with van der Waals surface area (Å²) in [5.41, 5.74) is -0.413. The van der Waals surface area contributed by atoms with Crippen LogP contribution >= 0.6 is 0 Å². The number of halogens is 1. The van der Waals surface area contributed by atoms with Gasteiger partial charge in [-0.15, -0.1) is 0 Å². The van der Waals surface area contributed by atoms with E-state index in [0.717, 1.165) is 25.1 Å². The molecular formula is C12H15FN2O4S. The third kappa shape index (κ3) is 3.31. The number of benzene rings is 1. The van der Waals surface area contributed by atoms with Gasteiger partial charge in [0.25, 0.3) is 0 Å². The fourth-order valence-electron chi connectivity index (χ4n) is 2.26. The molecule has 8 heteroatoms. The number of nitro groups is 1. The number of hydrogen-bond donors (Lipinski definition) is 1. The van der Waals surface area contributed by atoms with Gasteiger partial charge in [-0.2, -0.15) is 4.39 Å². The van der Waals surface area contributed by atoms with Crippen LogP contribution in [0, 0.1) is 15.9 Å². The van der Waals surface area contributed by atoms with Crippen molar-refractivity contribution in [1.29, 1.82) is 0 Å². The molecule has 1 unspecified atom stereocenters. The van der Waals surface area contributed by atoms with Crippen LogP contribution in [-0.2, 0) is 15.6 Å². The Morgan fingerprint density at radius 3 is 2.75 bits per heavy atom. The normalized spacial score (nSPS) is 19.8. The average molecular weight is 302 g/mol. The van der Waals surface area contributed by atoms with Gasteiger partial charge in [0.2, 0.25) is 5.82 Å². The zero-order valence-electron chi connectivity index (χ0n) is 10.7. The zero-order chi connectivity index (χ0) is 14.8. The summed E-state index contributed by atoms with van der Waals surface area (Å²) < 4.78 is 37.8. The van der Waals surface area contributed by atoms with Crippen LogP contribution in [0.3, 0.4) is 0 Å². The summed E-state index contributed by atoms with van der Waals surface area (Å²) in [6.07, 6.45) is 1.38. The second-order valence-corrected chi connectivity index (χ2v) is 7.10. The SMILES string of the molecule is O=[N+]([O-])c1ccc(CS(=O)(=O)C2CCCNC2)cc1F. The Balaban J connectivity index is 2.17. The van der Waals surface area contributed by atoms with E-state index in [1.165, 1.54) is 6.07 Å². The second-order valence-electron chi connectivity index (χ2n) is 4.82. The summed E-state index contributed by atoms with van der Waals surface area (Å²) in [5, 5.41) is 13.0. The molecule has 20 heavy (non-hydrogen) atoms. The molecule has 1 aliphatic heterocycles. The molecule has 6 nitrogen and oxygen atoms in total. The number of rotatable bonds is 4. The van der Waals surface area contributed by atoms with Gasteiger partial charge in [-0.05, 0) is 31.0 Å². The lowest BCUT2D eigenvalue weighted by Gasteiger charge is -2.22. The van der Waals surface area contributed by atoms with Gasteiger partial charge >= 0.3 is 5.69 Å². The molecule has 1 aromatic rings. The number of nitro benzene ring substituents is 1. The summed E-state index contributed by atoms with van der Waals surface area (Å²) in [6, 6.07) is 3.21. The molecule has 1 fully saturated rings. The van der Waals surface area contributed by atoms with E-state index in [9.17, 15) is 22.9 Å². The molecule has 0 spiro atoms. The van der Waals surface area contributed by atoms with Gasteiger partial charge in [0.15, 0.2) is 9.84 Å². The highest BCUT2D eigenvalue weighted by atomic mass is 32.2. The van der Waals surface area contributed by atoms with Crippen molar-refractivity contribution in [3.8, 4) is 0 Å². The Hall–Kier alpha value is -1.54. The van der Waals surface area contributed by atoms with Crippen molar-refractivity contribution < 1.29 is 17.7 Å². The monoisotopic (exact) mass is 302 g/mol. The fraction of sp³-hybridized carbons (Fsp3) is 0.500. The van der Waals surface area contributed by atoms with Crippen LogP contribution in [0.4, 0.5) is 10.1 Å². The molecule has 1 saturated heterocycles. The Morgan fingerprint density at radius 2 is 2.20 bits per heavy atom. The summed E-state index contributed by atoms with van der Waals surface area (Å²) in [7, 11) is -3.39. The molecule has 0 bridgehead atoms. The molecule has 0 amide bonds. The minimum absolute atomic E-state index is 0.235. The molecule has 1 aliphatic rings. The largest absolute Gasteiger partial charge is 0.315 e. The Labute approximate surface area is 116 Å². The van der Waals surface area contributed by atoms with Crippen molar-refractivity contribution in [3.05, 3.63) is 39.7 Å². The second kappa shape index (κ2) is 5.84. The van der Waals surface area contributed by atoms with Crippen LogP contribution < -0.4 is 5.32 Å². The van der Waals surface area contributed by atoms with Crippen LogP contribution in [0.15, 0.2) is 18.2 Å². The molecule has 0 aliphatic carbocycles. The van der Waals surface area contributed by atoms with Gasteiger partial charge in [0.1, 0.15) is 0 Å². The zero-order valence-corrected chi connectivity index (χ0v) is 11.5. The highest BCUT2D eigenvalue weighted by Gasteiger charge is 2.28. The number of nitrogens with zero attached hydrogens (tertiary/aromatic N) is 1. The highest BCUT2D eigenvalue weighted by Crippen LogP contribution is 2.22. The summed E-state index contributed by atoms with van der Waals surface area (Å²) in [6.45, 7) is 1.20. The first-order chi connectivity index (χ1) is 9.40. The highest BCUT2D eigenvalue weighted by molar-refractivity contribution is 7.91.